The van der Waals surface area contributed by atoms with Gasteiger partial charge < -0.3 is 18.9 Å². The molecule has 0 amide bonds. The number of aliphatic imine (C=N–C) groups is 1. The Morgan fingerprint density at radius 2 is 1.83 bits per heavy atom. The number of hydrogen-bond acceptors (Lipinski definition) is 5. The fraction of sp³-hybridized carbons (Fsp3) is 0.462. The highest BCUT2D eigenvalue weighted by molar-refractivity contribution is 5.84. The first kappa shape index (κ1) is 14.5. The molecule has 0 bridgehead atoms. The average Bonchev–Trinajstić information content (AvgIpc) is 2.43. The van der Waals surface area contributed by atoms with Crippen LogP contribution in [0.1, 0.15) is 5.56 Å². The molecule has 100 valence electrons. The quantitative estimate of drug-likeness (QED) is 0.548. The fourth-order valence-electron chi connectivity index (χ4n) is 1.42. The summed E-state index contributed by atoms with van der Waals surface area (Å²) in [5.74, 6) is 1.50. The van der Waals surface area contributed by atoms with E-state index >= 15 is 0 Å². The van der Waals surface area contributed by atoms with E-state index in [1.54, 1.807) is 34.7 Å². The summed E-state index contributed by atoms with van der Waals surface area (Å²) in [6, 6.07) is 5.53. The third-order valence-corrected chi connectivity index (χ3v) is 2.45. The van der Waals surface area contributed by atoms with E-state index in [2.05, 4.69) is 4.99 Å². The van der Waals surface area contributed by atoms with Crippen LogP contribution in [-0.4, -0.2) is 47.5 Å². The summed E-state index contributed by atoms with van der Waals surface area (Å²) in [6.07, 6.45) is 1.38. The van der Waals surface area contributed by atoms with Crippen molar-refractivity contribution in [1.82, 2.24) is 0 Å². The second kappa shape index (κ2) is 7.68. The van der Waals surface area contributed by atoms with E-state index in [0.29, 0.717) is 6.54 Å². The van der Waals surface area contributed by atoms with Crippen molar-refractivity contribution in [3.8, 4) is 11.5 Å². The van der Waals surface area contributed by atoms with Gasteiger partial charge in [-0.1, -0.05) is 0 Å². The molecule has 0 fully saturated rings. The summed E-state index contributed by atoms with van der Waals surface area (Å²) >= 11 is 0. The zero-order valence-corrected chi connectivity index (χ0v) is 11.2. The number of rotatable bonds is 7. The topological polar surface area (TPSA) is 49.3 Å². The minimum atomic E-state index is -0.335. The van der Waals surface area contributed by atoms with Crippen molar-refractivity contribution in [2.45, 2.75) is 6.29 Å². The van der Waals surface area contributed by atoms with Gasteiger partial charge in [0, 0.05) is 26.0 Å². The highest BCUT2D eigenvalue weighted by Crippen LogP contribution is 2.22. The van der Waals surface area contributed by atoms with E-state index in [9.17, 15) is 0 Å². The van der Waals surface area contributed by atoms with E-state index in [1.165, 1.54) is 0 Å². The molecule has 0 heterocycles. The molecule has 0 aliphatic carbocycles. The standard InChI is InChI=1S/C13H19NO4/c1-15-11-5-6-12(16-2)10(7-11)8-14-9-13(17-3)18-4/h5-8,13H,9H2,1-4H3/b14-8+. The van der Waals surface area contributed by atoms with Gasteiger partial charge in [0.25, 0.3) is 0 Å². The molecule has 5 nitrogen and oxygen atoms in total. The number of ether oxygens (including phenoxy) is 4. The van der Waals surface area contributed by atoms with E-state index in [1.807, 2.05) is 18.2 Å². The minimum absolute atomic E-state index is 0.335. The molecular formula is C13H19NO4. The zero-order chi connectivity index (χ0) is 13.4. The summed E-state index contributed by atoms with van der Waals surface area (Å²) in [7, 11) is 6.40. The van der Waals surface area contributed by atoms with Crippen molar-refractivity contribution in [1.29, 1.82) is 0 Å². The highest BCUT2D eigenvalue weighted by atomic mass is 16.7. The van der Waals surface area contributed by atoms with Crippen LogP contribution in [0.3, 0.4) is 0 Å². The Kier molecular flexibility index (Phi) is 6.18. The maximum absolute atomic E-state index is 5.25. The van der Waals surface area contributed by atoms with Crippen molar-refractivity contribution in [3.05, 3.63) is 23.8 Å². The first-order chi connectivity index (χ1) is 8.74. The third kappa shape index (κ3) is 4.01. The lowest BCUT2D eigenvalue weighted by Gasteiger charge is -2.10. The Balaban J connectivity index is 2.78. The summed E-state index contributed by atoms with van der Waals surface area (Å²) < 4.78 is 20.5. The summed E-state index contributed by atoms with van der Waals surface area (Å²) in [6.45, 7) is 0.424. The molecule has 5 heteroatoms. The Morgan fingerprint density at radius 1 is 1.11 bits per heavy atom. The molecule has 0 spiro atoms. The maximum atomic E-state index is 5.25. The maximum Gasteiger partial charge on any atom is 0.176 e. The lowest BCUT2D eigenvalue weighted by Crippen LogP contribution is -2.16. The summed E-state index contributed by atoms with van der Waals surface area (Å²) in [5, 5.41) is 0. The van der Waals surface area contributed by atoms with Crippen LogP contribution in [0.4, 0.5) is 0 Å². The van der Waals surface area contributed by atoms with Crippen LogP contribution in [0.15, 0.2) is 23.2 Å². The first-order valence-electron chi connectivity index (χ1n) is 5.52. The Morgan fingerprint density at radius 3 is 2.39 bits per heavy atom. The SMILES string of the molecule is COc1ccc(OC)c(/C=N/CC(OC)OC)c1. The van der Waals surface area contributed by atoms with Crippen LogP contribution in [0.5, 0.6) is 11.5 Å². The van der Waals surface area contributed by atoms with Crippen LogP contribution in [0.25, 0.3) is 0 Å². The number of methoxy groups -OCH3 is 4. The molecule has 0 aliphatic heterocycles. The Bertz CT molecular complexity index is 389. The normalized spacial score (nSPS) is 11.2. The molecule has 0 unspecified atom stereocenters. The van der Waals surface area contributed by atoms with Crippen LogP contribution in [0.2, 0.25) is 0 Å². The Labute approximate surface area is 107 Å². The molecule has 0 saturated carbocycles. The number of hydrogen-bond donors (Lipinski definition) is 0. The lowest BCUT2D eigenvalue weighted by atomic mass is 10.2. The van der Waals surface area contributed by atoms with Gasteiger partial charge in [-0.3, -0.25) is 4.99 Å². The fourth-order valence-corrected chi connectivity index (χ4v) is 1.42. The number of benzene rings is 1. The van der Waals surface area contributed by atoms with Crippen molar-refractivity contribution < 1.29 is 18.9 Å². The van der Waals surface area contributed by atoms with Gasteiger partial charge in [-0.25, -0.2) is 0 Å². The molecule has 18 heavy (non-hydrogen) atoms. The molecule has 0 aliphatic rings. The largest absolute Gasteiger partial charge is 0.497 e. The van der Waals surface area contributed by atoms with E-state index in [4.69, 9.17) is 18.9 Å². The van der Waals surface area contributed by atoms with Crippen molar-refractivity contribution >= 4 is 6.21 Å². The van der Waals surface area contributed by atoms with Gasteiger partial charge in [0.15, 0.2) is 6.29 Å². The van der Waals surface area contributed by atoms with E-state index in [0.717, 1.165) is 17.1 Å². The molecule has 0 atom stereocenters. The second-order valence-corrected chi connectivity index (χ2v) is 3.50. The monoisotopic (exact) mass is 253 g/mol. The van der Waals surface area contributed by atoms with Gasteiger partial charge in [-0.15, -0.1) is 0 Å². The van der Waals surface area contributed by atoms with Crippen LogP contribution in [-0.2, 0) is 9.47 Å². The third-order valence-electron chi connectivity index (χ3n) is 2.45. The lowest BCUT2D eigenvalue weighted by molar-refractivity contribution is -0.0936. The highest BCUT2D eigenvalue weighted by Gasteiger charge is 2.04. The van der Waals surface area contributed by atoms with Gasteiger partial charge in [0.05, 0.1) is 20.8 Å². The van der Waals surface area contributed by atoms with E-state index in [-0.39, 0.29) is 6.29 Å². The first-order valence-corrected chi connectivity index (χ1v) is 5.52. The van der Waals surface area contributed by atoms with Gasteiger partial charge in [0.1, 0.15) is 11.5 Å². The van der Waals surface area contributed by atoms with Gasteiger partial charge in [-0.2, -0.15) is 0 Å². The smallest absolute Gasteiger partial charge is 0.176 e. The average molecular weight is 253 g/mol. The molecular weight excluding hydrogens is 234 g/mol. The van der Waals surface area contributed by atoms with Crippen LogP contribution >= 0.6 is 0 Å². The van der Waals surface area contributed by atoms with Gasteiger partial charge in [-0.05, 0) is 18.2 Å². The number of nitrogens with zero attached hydrogens (tertiary/aromatic N) is 1. The van der Waals surface area contributed by atoms with Crippen LogP contribution in [0, 0.1) is 0 Å². The molecule has 0 N–H and O–H groups in total. The predicted molar refractivity (Wildman–Crippen MR) is 69.8 cm³/mol. The van der Waals surface area contributed by atoms with Crippen molar-refractivity contribution in [2.75, 3.05) is 35.0 Å². The van der Waals surface area contributed by atoms with Crippen molar-refractivity contribution in [3.63, 3.8) is 0 Å². The summed E-state index contributed by atoms with van der Waals surface area (Å²) in [4.78, 5) is 4.26. The molecule has 0 saturated heterocycles. The molecule has 0 radical (unpaired) electrons. The molecule has 1 aromatic rings. The van der Waals surface area contributed by atoms with Gasteiger partial charge in [0.2, 0.25) is 0 Å². The molecule has 1 aromatic carbocycles. The Hall–Kier alpha value is -1.59. The summed E-state index contributed by atoms with van der Waals surface area (Å²) in [5.41, 5.74) is 0.850. The predicted octanol–water partition coefficient (Wildman–Crippen LogP) is 1.74. The second-order valence-electron chi connectivity index (χ2n) is 3.50. The van der Waals surface area contributed by atoms with Gasteiger partial charge >= 0.3 is 0 Å². The van der Waals surface area contributed by atoms with Crippen LogP contribution < -0.4 is 9.47 Å². The minimum Gasteiger partial charge on any atom is -0.497 e. The molecule has 1 rings (SSSR count). The zero-order valence-electron chi connectivity index (χ0n) is 11.2. The van der Waals surface area contributed by atoms with E-state index < -0.39 is 0 Å². The molecule has 0 aromatic heterocycles. The van der Waals surface area contributed by atoms with Crippen molar-refractivity contribution in [2.24, 2.45) is 4.99 Å².